The smallest absolute Gasteiger partial charge is 0.326 e. The van der Waals surface area contributed by atoms with Crippen LogP contribution in [0.25, 0.3) is 10.9 Å². The Morgan fingerprint density at radius 3 is 2.34 bits per heavy atom. The van der Waals surface area contributed by atoms with Crippen LogP contribution in [0.2, 0.25) is 0 Å². The number of nitrogens with two attached hydrogens (primary N) is 2. The molecule has 4 atom stereocenters. The van der Waals surface area contributed by atoms with E-state index in [0.29, 0.717) is 12.8 Å². The minimum absolute atomic E-state index is 0.0750. The lowest BCUT2D eigenvalue weighted by Crippen LogP contribution is -2.58. The van der Waals surface area contributed by atoms with Crippen LogP contribution in [0.15, 0.2) is 60.8 Å². The van der Waals surface area contributed by atoms with Crippen molar-refractivity contribution in [3.8, 4) is 0 Å². The average molecular weight is 563 g/mol. The third-order valence-electron chi connectivity index (χ3n) is 7.21. The summed E-state index contributed by atoms with van der Waals surface area (Å²) < 4.78 is 0. The number of aliphatic carboxylic acids is 1. The predicted octanol–water partition coefficient (Wildman–Crippen LogP) is 0.201. The van der Waals surface area contributed by atoms with Crippen molar-refractivity contribution in [1.29, 1.82) is 0 Å². The molecule has 0 aliphatic carbocycles. The molecule has 1 aliphatic heterocycles. The van der Waals surface area contributed by atoms with Crippen molar-refractivity contribution in [1.82, 2.24) is 20.5 Å². The zero-order chi connectivity index (χ0) is 29.5. The second-order valence-corrected chi connectivity index (χ2v) is 10.2. The van der Waals surface area contributed by atoms with Gasteiger partial charge in [-0.2, -0.15) is 0 Å². The van der Waals surface area contributed by atoms with Crippen LogP contribution in [-0.2, 0) is 36.8 Å². The fraction of sp³-hybridized carbons (Fsp3) is 0.345. The van der Waals surface area contributed by atoms with Gasteiger partial charge in [-0.15, -0.1) is 0 Å². The molecule has 3 aromatic rings. The molecule has 2 heterocycles. The Morgan fingerprint density at radius 1 is 0.951 bits per heavy atom. The van der Waals surface area contributed by atoms with Gasteiger partial charge >= 0.3 is 5.97 Å². The number of aromatic nitrogens is 1. The summed E-state index contributed by atoms with van der Waals surface area (Å²) in [6, 6.07) is 11.9. The average Bonchev–Trinajstić information content (AvgIpc) is 3.60. The maximum absolute atomic E-state index is 13.5. The van der Waals surface area contributed by atoms with E-state index in [1.807, 2.05) is 24.3 Å². The summed E-state index contributed by atoms with van der Waals surface area (Å²) in [5, 5.41) is 15.6. The lowest BCUT2D eigenvalue weighted by molar-refractivity contribution is -0.149. The number of H-pyrrole nitrogens is 1. The third-order valence-corrected chi connectivity index (χ3v) is 7.21. The Balaban J connectivity index is 1.49. The van der Waals surface area contributed by atoms with Crippen molar-refractivity contribution in [2.24, 2.45) is 11.5 Å². The van der Waals surface area contributed by atoms with Gasteiger partial charge < -0.3 is 37.1 Å². The van der Waals surface area contributed by atoms with E-state index in [1.54, 1.807) is 36.5 Å². The minimum atomic E-state index is -1.39. The number of rotatable bonds is 12. The number of fused-ring (bicyclic) bond motifs is 1. The van der Waals surface area contributed by atoms with E-state index >= 15 is 0 Å². The van der Waals surface area contributed by atoms with Gasteiger partial charge in [0.15, 0.2) is 0 Å². The second kappa shape index (κ2) is 13.1. The molecule has 216 valence electrons. The SMILES string of the molecule is NC(=O)CC(NC(=O)C(N)Cc1c[nH]c2ccccc12)C(=O)NC(Cc1ccccc1)C(=O)N1CCCC1C(=O)O. The van der Waals surface area contributed by atoms with E-state index in [9.17, 15) is 29.1 Å². The number of benzene rings is 2. The Morgan fingerprint density at radius 2 is 1.63 bits per heavy atom. The summed E-state index contributed by atoms with van der Waals surface area (Å²) in [5.74, 6) is -4.01. The standard InChI is InChI=1S/C29H34N6O6/c30-20(14-18-16-32-21-10-5-4-9-19(18)21)26(37)33-22(15-25(31)36)27(38)34-23(13-17-7-2-1-3-8-17)28(39)35-12-6-11-24(35)29(40)41/h1-5,7-10,16,20,22-24,32H,6,11-15,30H2,(H2,31,36)(H,33,37)(H,34,38)(H,40,41). The Labute approximate surface area is 236 Å². The second-order valence-electron chi connectivity index (χ2n) is 10.2. The number of para-hydroxylation sites is 1. The Hall–Kier alpha value is -4.71. The van der Waals surface area contributed by atoms with E-state index in [1.165, 1.54) is 4.90 Å². The van der Waals surface area contributed by atoms with Gasteiger partial charge in [0.25, 0.3) is 0 Å². The molecule has 4 unspecified atom stereocenters. The minimum Gasteiger partial charge on any atom is -0.480 e. The van der Waals surface area contributed by atoms with Crippen LogP contribution in [0.3, 0.4) is 0 Å². The maximum Gasteiger partial charge on any atom is 0.326 e. The number of carboxylic acid groups (broad SMARTS) is 1. The molecule has 0 saturated carbocycles. The number of hydrogen-bond acceptors (Lipinski definition) is 6. The van der Waals surface area contributed by atoms with Gasteiger partial charge in [0.2, 0.25) is 23.6 Å². The largest absolute Gasteiger partial charge is 0.480 e. The highest BCUT2D eigenvalue weighted by atomic mass is 16.4. The molecule has 41 heavy (non-hydrogen) atoms. The zero-order valence-electron chi connectivity index (χ0n) is 22.4. The number of hydrogen-bond donors (Lipinski definition) is 6. The lowest BCUT2D eigenvalue weighted by atomic mass is 10.0. The summed E-state index contributed by atoms with van der Waals surface area (Å²) >= 11 is 0. The van der Waals surface area contributed by atoms with Crippen molar-refractivity contribution in [3.63, 3.8) is 0 Å². The number of carbonyl (C=O) groups is 5. The first kappa shape index (κ1) is 29.3. The number of amides is 4. The summed E-state index contributed by atoms with van der Waals surface area (Å²) in [6.07, 6.45) is 2.30. The topological polar surface area (TPSA) is 201 Å². The highest BCUT2D eigenvalue weighted by Gasteiger charge is 2.38. The van der Waals surface area contributed by atoms with Gasteiger partial charge in [0, 0.05) is 30.1 Å². The van der Waals surface area contributed by atoms with Gasteiger partial charge in [0.05, 0.1) is 12.5 Å². The zero-order valence-corrected chi connectivity index (χ0v) is 22.4. The number of nitrogens with one attached hydrogen (secondary N) is 3. The summed E-state index contributed by atoms with van der Waals surface area (Å²) in [4.78, 5) is 67.8. The van der Waals surface area contributed by atoms with Crippen molar-refractivity contribution in [2.45, 2.75) is 56.3 Å². The van der Waals surface area contributed by atoms with Crippen LogP contribution in [0.5, 0.6) is 0 Å². The van der Waals surface area contributed by atoms with Crippen molar-refractivity contribution in [3.05, 3.63) is 71.9 Å². The van der Waals surface area contributed by atoms with Crippen molar-refractivity contribution in [2.75, 3.05) is 6.54 Å². The summed E-state index contributed by atoms with van der Waals surface area (Å²) in [6.45, 7) is 0.237. The van der Waals surface area contributed by atoms with E-state index in [2.05, 4.69) is 15.6 Å². The van der Waals surface area contributed by atoms with E-state index in [4.69, 9.17) is 11.5 Å². The molecule has 0 bridgehead atoms. The molecule has 0 radical (unpaired) electrons. The number of carboxylic acids is 1. The molecule has 1 fully saturated rings. The van der Waals surface area contributed by atoms with E-state index in [-0.39, 0.29) is 19.4 Å². The highest BCUT2D eigenvalue weighted by Crippen LogP contribution is 2.21. The van der Waals surface area contributed by atoms with E-state index in [0.717, 1.165) is 22.0 Å². The number of nitrogens with zero attached hydrogens (tertiary/aromatic N) is 1. The van der Waals surface area contributed by atoms with Gasteiger partial charge in [-0.1, -0.05) is 48.5 Å². The first-order chi connectivity index (χ1) is 19.6. The molecule has 4 amide bonds. The van der Waals surface area contributed by atoms with Gasteiger partial charge in [-0.05, 0) is 36.5 Å². The highest BCUT2D eigenvalue weighted by molar-refractivity contribution is 5.96. The quantitative estimate of drug-likeness (QED) is 0.181. The van der Waals surface area contributed by atoms with Gasteiger partial charge in [-0.25, -0.2) is 4.79 Å². The van der Waals surface area contributed by atoms with Crippen molar-refractivity contribution < 1.29 is 29.1 Å². The third kappa shape index (κ3) is 7.28. The molecular formula is C29H34N6O6. The number of likely N-dealkylation sites (tertiary alicyclic amines) is 1. The first-order valence-corrected chi connectivity index (χ1v) is 13.4. The molecule has 1 saturated heterocycles. The number of primary amides is 1. The number of carbonyl (C=O) groups excluding carboxylic acids is 4. The molecule has 12 heteroatoms. The van der Waals surface area contributed by atoms with Crippen LogP contribution < -0.4 is 22.1 Å². The van der Waals surface area contributed by atoms with Crippen LogP contribution in [0, 0.1) is 0 Å². The van der Waals surface area contributed by atoms with Crippen LogP contribution in [-0.4, -0.2) is 75.3 Å². The molecule has 1 aliphatic rings. The number of aromatic amines is 1. The van der Waals surface area contributed by atoms with Crippen LogP contribution >= 0.6 is 0 Å². The summed E-state index contributed by atoms with van der Waals surface area (Å²) in [5.41, 5.74) is 14.0. The monoisotopic (exact) mass is 562 g/mol. The van der Waals surface area contributed by atoms with Crippen LogP contribution in [0.1, 0.15) is 30.4 Å². The first-order valence-electron chi connectivity index (χ1n) is 13.4. The van der Waals surface area contributed by atoms with Gasteiger partial charge in [0.1, 0.15) is 18.1 Å². The van der Waals surface area contributed by atoms with E-state index < -0.39 is 60.2 Å². The normalized spacial score (nSPS) is 17.0. The molecule has 4 rings (SSSR count). The van der Waals surface area contributed by atoms with Crippen molar-refractivity contribution >= 4 is 40.5 Å². The maximum atomic E-state index is 13.5. The molecule has 8 N–H and O–H groups in total. The molecule has 2 aromatic carbocycles. The summed E-state index contributed by atoms with van der Waals surface area (Å²) in [7, 11) is 0. The molecule has 12 nitrogen and oxygen atoms in total. The Bertz CT molecular complexity index is 1420. The lowest BCUT2D eigenvalue weighted by Gasteiger charge is -2.29. The molecular weight excluding hydrogens is 528 g/mol. The molecule has 0 spiro atoms. The van der Waals surface area contributed by atoms with Crippen LogP contribution in [0.4, 0.5) is 0 Å². The Kier molecular flexibility index (Phi) is 9.35. The fourth-order valence-electron chi connectivity index (χ4n) is 5.13. The van der Waals surface area contributed by atoms with Gasteiger partial charge in [-0.3, -0.25) is 19.2 Å². The predicted molar refractivity (Wildman–Crippen MR) is 150 cm³/mol. The molecule has 1 aromatic heterocycles. The fourth-order valence-corrected chi connectivity index (χ4v) is 5.13.